The minimum absolute atomic E-state index is 0.0140. The molecule has 4 nitrogen and oxygen atoms in total. The highest BCUT2D eigenvalue weighted by molar-refractivity contribution is 5.80. The van der Waals surface area contributed by atoms with Crippen LogP contribution >= 0.6 is 0 Å². The highest BCUT2D eigenvalue weighted by atomic mass is 16.5. The van der Waals surface area contributed by atoms with Crippen molar-refractivity contribution in [1.82, 2.24) is 9.55 Å². The summed E-state index contributed by atoms with van der Waals surface area (Å²) in [6.45, 7) is 2.74. The van der Waals surface area contributed by atoms with Crippen LogP contribution in [-0.2, 0) is 13.2 Å². The van der Waals surface area contributed by atoms with Crippen LogP contribution in [-0.4, -0.2) is 21.8 Å². The molecular weight excluding hydrogens is 264 g/mol. The molecule has 0 fully saturated rings. The number of aliphatic hydroxyl groups is 1. The predicted octanol–water partition coefficient (Wildman–Crippen LogP) is 2.89. The largest absolute Gasteiger partial charge is 0.496 e. The molecule has 0 aliphatic carbocycles. The zero-order chi connectivity index (χ0) is 14.8. The summed E-state index contributed by atoms with van der Waals surface area (Å²) in [6.07, 6.45) is 3.73. The van der Waals surface area contributed by atoms with E-state index in [1.807, 2.05) is 30.5 Å². The van der Waals surface area contributed by atoms with Gasteiger partial charge in [0.05, 0.1) is 20.3 Å². The molecular formula is C17H18N2O2. The van der Waals surface area contributed by atoms with Crippen LogP contribution in [0.4, 0.5) is 0 Å². The fourth-order valence-electron chi connectivity index (χ4n) is 2.66. The Bertz CT molecular complexity index is 778. The second-order valence-corrected chi connectivity index (χ2v) is 5.13. The SMILES string of the molecule is COc1ccc(C)cc1Cn1cc(CO)c2cccnc21. The van der Waals surface area contributed by atoms with Gasteiger partial charge in [-0.15, -0.1) is 0 Å². The Balaban J connectivity index is 2.08. The lowest BCUT2D eigenvalue weighted by Gasteiger charge is -2.11. The smallest absolute Gasteiger partial charge is 0.140 e. The van der Waals surface area contributed by atoms with Crippen LogP contribution in [0.1, 0.15) is 16.7 Å². The molecule has 3 rings (SSSR count). The summed E-state index contributed by atoms with van der Waals surface area (Å²) < 4.78 is 7.49. The number of hydrogen-bond donors (Lipinski definition) is 1. The molecule has 0 atom stereocenters. The third kappa shape index (κ3) is 2.50. The molecule has 0 unspecified atom stereocenters. The number of aryl methyl sites for hydroxylation is 1. The van der Waals surface area contributed by atoms with Crippen LogP contribution in [0.5, 0.6) is 5.75 Å². The zero-order valence-corrected chi connectivity index (χ0v) is 12.2. The fraction of sp³-hybridized carbons (Fsp3) is 0.235. The van der Waals surface area contributed by atoms with Crippen LogP contribution in [0.25, 0.3) is 11.0 Å². The first-order valence-corrected chi connectivity index (χ1v) is 6.90. The summed E-state index contributed by atoms with van der Waals surface area (Å²) in [5, 5.41) is 10.5. The molecule has 2 aromatic heterocycles. The number of aliphatic hydroxyl groups excluding tert-OH is 1. The van der Waals surface area contributed by atoms with Gasteiger partial charge in [0.25, 0.3) is 0 Å². The molecule has 0 amide bonds. The summed E-state index contributed by atoms with van der Waals surface area (Å²) in [7, 11) is 1.68. The van der Waals surface area contributed by atoms with Crippen molar-refractivity contribution >= 4 is 11.0 Å². The number of benzene rings is 1. The molecule has 108 valence electrons. The predicted molar refractivity (Wildman–Crippen MR) is 82.5 cm³/mol. The molecule has 0 bridgehead atoms. The minimum Gasteiger partial charge on any atom is -0.496 e. The highest BCUT2D eigenvalue weighted by Crippen LogP contribution is 2.25. The first kappa shape index (κ1) is 13.6. The number of rotatable bonds is 4. The molecule has 21 heavy (non-hydrogen) atoms. The molecule has 4 heteroatoms. The minimum atomic E-state index is 0.0140. The number of nitrogens with zero attached hydrogens (tertiary/aromatic N) is 2. The maximum Gasteiger partial charge on any atom is 0.140 e. The van der Waals surface area contributed by atoms with Gasteiger partial charge in [-0.05, 0) is 25.1 Å². The van der Waals surface area contributed by atoms with Gasteiger partial charge in [0.2, 0.25) is 0 Å². The number of ether oxygens (including phenoxy) is 1. The molecule has 0 radical (unpaired) electrons. The first-order chi connectivity index (χ1) is 10.2. The normalized spacial score (nSPS) is 11.0. The van der Waals surface area contributed by atoms with E-state index in [2.05, 4.69) is 22.5 Å². The standard InChI is InChI=1S/C17H18N2O2/c1-12-5-6-16(21-2)13(8-12)9-19-10-14(11-20)15-4-3-7-18-17(15)19/h3-8,10,20H,9,11H2,1-2H3. The lowest BCUT2D eigenvalue weighted by Crippen LogP contribution is -2.02. The van der Waals surface area contributed by atoms with E-state index in [0.717, 1.165) is 27.9 Å². The maximum atomic E-state index is 9.49. The average molecular weight is 282 g/mol. The molecule has 1 N–H and O–H groups in total. The van der Waals surface area contributed by atoms with Gasteiger partial charge in [-0.25, -0.2) is 4.98 Å². The Morgan fingerprint density at radius 2 is 2.10 bits per heavy atom. The zero-order valence-electron chi connectivity index (χ0n) is 12.2. The summed E-state index contributed by atoms with van der Waals surface area (Å²) in [6, 6.07) is 10.0. The van der Waals surface area contributed by atoms with E-state index < -0.39 is 0 Å². The van der Waals surface area contributed by atoms with Crippen molar-refractivity contribution in [3.8, 4) is 5.75 Å². The molecule has 0 aliphatic heterocycles. The van der Waals surface area contributed by atoms with Crippen molar-refractivity contribution in [2.45, 2.75) is 20.1 Å². The fourth-order valence-corrected chi connectivity index (χ4v) is 2.66. The van der Waals surface area contributed by atoms with Gasteiger partial charge in [0, 0.05) is 28.9 Å². The Hall–Kier alpha value is -2.33. The molecule has 0 aliphatic rings. The average Bonchev–Trinajstić information content (AvgIpc) is 2.86. The second kappa shape index (κ2) is 5.58. The molecule has 0 saturated heterocycles. The molecule has 0 saturated carbocycles. The van der Waals surface area contributed by atoms with Gasteiger partial charge in [-0.3, -0.25) is 0 Å². The van der Waals surface area contributed by atoms with Crippen LogP contribution in [0.3, 0.4) is 0 Å². The number of hydrogen-bond acceptors (Lipinski definition) is 3. The van der Waals surface area contributed by atoms with Gasteiger partial charge in [-0.2, -0.15) is 0 Å². The number of methoxy groups -OCH3 is 1. The number of aromatic nitrogens is 2. The number of pyridine rings is 1. The van der Waals surface area contributed by atoms with Crippen molar-refractivity contribution in [3.63, 3.8) is 0 Å². The molecule has 1 aromatic carbocycles. The maximum absolute atomic E-state index is 9.49. The number of fused-ring (bicyclic) bond motifs is 1. The summed E-state index contributed by atoms with van der Waals surface area (Å²) in [4.78, 5) is 4.43. The second-order valence-electron chi connectivity index (χ2n) is 5.13. The molecule has 3 aromatic rings. The summed E-state index contributed by atoms with van der Waals surface area (Å²) in [5.74, 6) is 0.865. The van der Waals surface area contributed by atoms with Gasteiger partial charge >= 0.3 is 0 Å². The van der Waals surface area contributed by atoms with Crippen LogP contribution in [0.2, 0.25) is 0 Å². The van der Waals surface area contributed by atoms with E-state index in [4.69, 9.17) is 4.74 Å². The lowest BCUT2D eigenvalue weighted by molar-refractivity contribution is 0.283. The van der Waals surface area contributed by atoms with Crippen molar-refractivity contribution in [2.24, 2.45) is 0 Å². The Morgan fingerprint density at radius 1 is 1.24 bits per heavy atom. The molecule has 0 spiro atoms. The quantitative estimate of drug-likeness (QED) is 0.800. The van der Waals surface area contributed by atoms with Crippen molar-refractivity contribution < 1.29 is 9.84 Å². The summed E-state index contributed by atoms with van der Waals surface area (Å²) >= 11 is 0. The van der Waals surface area contributed by atoms with Gasteiger partial charge < -0.3 is 14.4 Å². The Labute approximate surface area is 123 Å². The first-order valence-electron chi connectivity index (χ1n) is 6.90. The van der Waals surface area contributed by atoms with Crippen LogP contribution in [0.15, 0.2) is 42.7 Å². The van der Waals surface area contributed by atoms with Crippen LogP contribution in [0, 0.1) is 6.92 Å². The van der Waals surface area contributed by atoms with Gasteiger partial charge in [-0.1, -0.05) is 17.7 Å². The van der Waals surface area contributed by atoms with E-state index in [0.29, 0.717) is 6.54 Å². The monoisotopic (exact) mass is 282 g/mol. The van der Waals surface area contributed by atoms with Gasteiger partial charge in [0.1, 0.15) is 11.4 Å². The Morgan fingerprint density at radius 3 is 2.86 bits per heavy atom. The van der Waals surface area contributed by atoms with Crippen molar-refractivity contribution in [2.75, 3.05) is 7.11 Å². The highest BCUT2D eigenvalue weighted by Gasteiger charge is 2.11. The van der Waals surface area contributed by atoms with Crippen molar-refractivity contribution in [1.29, 1.82) is 0 Å². The van der Waals surface area contributed by atoms with E-state index in [1.165, 1.54) is 5.56 Å². The Kier molecular flexibility index (Phi) is 3.62. The van der Waals surface area contributed by atoms with Crippen molar-refractivity contribution in [3.05, 3.63) is 59.4 Å². The third-order valence-corrected chi connectivity index (χ3v) is 3.66. The third-order valence-electron chi connectivity index (χ3n) is 3.66. The van der Waals surface area contributed by atoms with Crippen LogP contribution < -0.4 is 4.74 Å². The lowest BCUT2D eigenvalue weighted by atomic mass is 10.1. The molecule has 2 heterocycles. The summed E-state index contributed by atoms with van der Waals surface area (Å²) in [5.41, 5.74) is 4.07. The van der Waals surface area contributed by atoms with E-state index in [1.54, 1.807) is 13.3 Å². The topological polar surface area (TPSA) is 47.3 Å². The van der Waals surface area contributed by atoms with E-state index in [9.17, 15) is 5.11 Å². The van der Waals surface area contributed by atoms with E-state index in [-0.39, 0.29) is 6.61 Å². The van der Waals surface area contributed by atoms with Gasteiger partial charge in [0.15, 0.2) is 0 Å². The van der Waals surface area contributed by atoms with E-state index >= 15 is 0 Å².